The van der Waals surface area contributed by atoms with Crippen molar-refractivity contribution in [3.63, 3.8) is 0 Å². The molecule has 4 rings (SSSR count). The highest BCUT2D eigenvalue weighted by molar-refractivity contribution is 8.01. The van der Waals surface area contributed by atoms with Crippen molar-refractivity contribution >= 4 is 34.0 Å². The topological polar surface area (TPSA) is 114 Å². The molecule has 2 N–H and O–H groups in total. The average Bonchev–Trinajstić information content (AvgIpc) is 3.24. The minimum Gasteiger partial charge on any atom is -0.493 e. The minimum absolute atomic E-state index is 0.00239. The van der Waals surface area contributed by atoms with E-state index in [0.717, 1.165) is 15.6 Å². The van der Waals surface area contributed by atoms with Crippen molar-refractivity contribution in [3.05, 3.63) is 46.4 Å². The third-order valence-corrected chi connectivity index (χ3v) is 8.04. The number of ether oxygens (including phenoxy) is 2. The van der Waals surface area contributed by atoms with Crippen LogP contribution in [-0.4, -0.2) is 35.5 Å². The summed E-state index contributed by atoms with van der Waals surface area (Å²) in [6.45, 7) is 8.31. The van der Waals surface area contributed by atoms with Crippen LogP contribution in [0.3, 0.4) is 0 Å². The maximum Gasteiger partial charge on any atom is 0.219 e. The Morgan fingerprint density at radius 1 is 1.23 bits per heavy atom. The molecule has 0 saturated heterocycles. The van der Waals surface area contributed by atoms with E-state index in [9.17, 15) is 10.1 Å². The van der Waals surface area contributed by atoms with Crippen LogP contribution in [0, 0.1) is 16.7 Å². The number of carbonyl (C=O) groups excluding carboxylic acids is 1. The fraction of sp³-hybridized carbons (Fsp3) is 0.440. The second-order valence-corrected chi connectivity index (χ2v) is 12.4. The van der Waals surface area contributed by atoms with Crippen molar-refractivity contribution in [2.24, 2.45) is 11.1 Å². The summed E-state index contributed by atoms with van der Waals surface area (Å²) in [5, 5.41) is 19.9. The molecule has 2 heterocycles. The molecule has 1 aromatic carbocycles. The van der Waals surface area contributed by atoms with E-state index < -0.39 is 5.92 Å². The number of allylic oxidation sites excluding steroid dienone is 3. The maximum absolute atomic E-state index is 13.7. The van der Waals surface area contributed by atoms with Gasteiger partial charge in [-0.1, -0.05) is 56.9 Å². The van der Waals surface area contributed by atoms with E-state index in [1.807, 2.05) is 12.1 Å². The number of hydrogen-bond donors (Lipinski definition) is 1. The molecule has 35 heavy (non-hydrogen) atoms. The largest absolute Gasteiger partial charge is 0.493 e. The van der Waals surface area contributed by atoms with E-state index in [2.05, 4.69) is 44.0 Å². The molecule has 1 aliphatic carbocycles. The number of nitrogens with zero attached hydrogens (tertiary/aromatic N) is 4. The number of carbonyl (C=O) groups is 1. The first kappa shape index (κ1) is 25.1. The molecule has 0 spiro atoms. The van der Waals surface area contributed by atoms with Gasteiger partial charge in [0.05, 0.1) is 31.8 Å². The second-order valence-electron chi connectivity index (χ2n) is 9.61. The van der Waals surface area contributed by atoms with Gasteiger partial charge in [0.25, 0.3) is 0 Å². The summed E-state index contributed by atoms with van der Waals surface area (Å²) in [5.41, 5.74) is 8.83. The lowest BCUT2D eigenvalue weighted by molar-refractivity contribution is -0.118. The van der Waals surface area contributed by atoms with E-state index in [1.54, 1.807) is 36.9 Å². The Morgan fingerprint density at radius 2 is 1.94 bits per heavy atom. The van der Waals surface area contributed by atoms with Crippen LogP contribution < -0.4 is 20.1 Å². The zero-order chi connectivity index (χ0) is 25.5. The van der Waals surface area contributed by atoms with Crippen LogP contribution in [0.15, 0.2) is 45.2 Å². The predicted molar refractivity (Wildman–Crippen MR) is 138 cm³/mol. The second kappa shape index (κ2) is 9.55. The van der Waals surface area contributed by atoms with Gasteiger partial charge in [0.1, 0.15) is 5.82 Å². The molecule has 0 amide bonds. The highest BCUT2D eigenvalue weighted by atomic mass is 32.2. The van der Waals surface area contributed by atoms with Crippen molar-refractivity contribution in [2.45, 2.75) is 56.0 Å². The van der Waals surface area contributed by atoms with Gasteiger partial charge in [-0.3, -0.25) is 9.69 Å². The van der Waals surface area contributed by atoms with Gasteiger partial charge < -0.3 is 15.2 Å². The van der Waals surface area contributed by atoms with Crippen LogP contribution in [0.4, 0.5) is 5.13 Å². The Bertz CT molecular complexity index is 1270. The van der Waals surface area contributed by atoms with Crippen LogP contribution in [0.25, 0.3) is 0 Å². The number of ketones is 1. The Labute approximate surface area is 213 Å². The monoisotopic (exact) mass is 511 g/mol. The van der Waals surface area contributed by atoms with E-state index in [0.29, 0.717) is 45.9 Å². The van der Waals surface area contributed by atoms with Gasteiger partial charge in [-0.05, 0) is 29.5 Å². The highest BCUT2D eigenvalue weighted by Gasteiger charge is 2.45. The SMILES string of the molecule is COc1ccc(C2C(C#N)=C(N)N(c3nnc(SC(C)C)s3)C3=C2C(=O)CC(C)(C)C3)cc1OC. The van der Waals surface area contributed by atoms with Gasteiger partial charge in [-0.25, -0.2) is 0 Å². The fourth-order valence-electron chi connectivity index (χ4n) is 4.64. The molecule has 8 nitrogen and oxygen atoms in total. The summed E-state index contributed by atoms with van der Waals surface area (Å²) in [6, 6.07) is 7.73. The quantitative estimate of drug-likeness (QED) is 0.535. The lowest BCUT2D eigenvalue weighted by atomic mass is 9.68. The van der Waals surface area contributed by atoms with Gasteiger partial charge >= 0.3 is 0 Å². The number of methoxy groups -OCH3 is 2. The van der Waals surface area contributed by atoms with Crippen molar-refractivity contribution in [1.29, 1.82) is 5.26 Å². The van der Waals surface area contributed by atoms with Gasteiger partial charge in [-0.15, -0.1) is 10.2 Å². The summed E-state index contributed by atoms with van der Waals surface area (Å²) in [6.07, 6.45) is 0.996. The highest BCUT2D eigenvalue weighted by Crippen LogP contribution is 2.51. The Balaban J connectivity index is 1.93. The molecule has 2 aromatic rings. The molecule has 2 aliphatic rings. The zero-order valence-corrected chi connectivity index (χ0v) is 22.3. The average molecular weight is 512 g/mol. The van der Waals surface area contributed by atoms with Gasteiger partial charge in [-0.2, -0.15) is 5.26 Å². The van der Waals surface area contributed by atoms with Crippen molar-refractivity contribution in [3.8, 4) is 17.6 Å². The van der Waals surface area contributed by atoms with Crippen molar-refractivity contribution in [2.75, 3.05) is 19.1 Å². The molecule has 1 unspecified atom stereocenters. The number of benzene rings is 1. The number of rotatable bonds is 6. The molecule has 0 fully saturated rings. The molecular formula is C25H29N5O3S2. The lowest BCUT2D eigenvalue weighted by Crippen LogP contribution is -2.42. The van der Waals surface area contributed by atoms with Crippen LogP contribution in [0.2, 0.25) is 0 Å². The molecule has 1 atom stereocenters. The van der Waals surface area contributed by atoms with E-state index in [-0.39, 0.29) is 17.0 Å². The number of thioether (sulfide) groups is 1. The first-order valence-corrected chi connectivity index (χ1v) is 13.0. The Kier molecular flexibility index (Phi) is 6.84. The third-order valence-electron chi connectivity index (χ3n) is 6.05. The van der Waals surface area contributed by atoms with Crippen LogP contribution in [-0.2, 0) is 4.79 Å². The third kappa shape index (κ3) is 4.62. The lowest BCUT2D eigenvalue weighted by Gasteiger charge is -2.42. The number of aromatic nitrogens is 2. The predicted octanol–water partition coefficient (Wildman–Crippen LogP) is 5.00. The van der Waals surface area contributed by atoms with Crippen LogP contribution in [0.1, 0.15) is 52.0 Å². The fourth-order valence-corrected chi connectivity index (χ4v) is 6.74. The summed E-state index contributed by atoms with van der Waals surface area (Å²) < 4.78 is 11.7. The van der Waals surface area contributed by atoms with Crippen molar-refractivity contribution < 1.29 is 14.3 Å². The molecule has 0 radical (unpaired) electrons. The summed E-state index contributed by atoms with van der Waals surface area (Å²) in [5.74, 6) is 0.760. The number of anilines is 1. The molecule has 1 aromatic heterocycles. The maximum atomic E-state index is 13.7. The van der Waals surface area contributed by atoms with E-state index >= 15 is 0 Å². The van der Waals surface area contributed by atoms with E-state index in [1.165, 1.54) is 11.3 Å². The normalized spacial score (nSPS) is 19.7. The number of nitriles is 1. The van der Waals surface area contributed by atoms with Crippen molar-refractivity contribution in [1.82, 2.24) is 10.2 Å². The number of nitrogens with two attached hydrogens (primary N) is 1. The Morgan fingerprint density at radius 3 is 2.57 bits per heavy atom. The van der Waals surface area contributed by atoms with Gasteiger partial charge in [0.2, 0.25) is 5.13 Å². The molecule has 0 saturated carbocycles. The summed E-state index contributed by atoms with van der Waals surface area (Å²) in [4.78, 5) is 15.4. The number of hydrogen-bond acceptors (Lipinski definition) is 10. The molecule has 10 heteroatoms. The first-order chi connectivity index (χ1) is 16.6. The number of Topliss-reactive ketones (excluding diaryl/α,β-unsaturated/α-hetero) is 1. The summed E-state index contributed by atoms with van der Waals surface area (Å²) >= 11 is 3.02. The minimum atomic E-state index is -0.605. The smallest absolute Gasteiger partial charge is 0.219 e. The summed E-state index contributed by atoms with van der Waals surface area (Å²) in [7, 11) is 3.12. The standard InChI is InChI=1S/C25H29N5O3S2/c1-13(2)34-24-29-28-23(35-24)30-16-10-25(3,4)11-17(31)21(16)20(15(12-26)22(30)27)14-7-8-18(32-5)19(9-14)33-6/h7-9,13,20H,10-11,27H2,1-6H3. The molecule has 0 bridgehead atoms. The van der Waals surface area contributed by atoms with Gasteiger partial charge in [0, 0.05) is 22.9 Å². The first-order valence-electron chi connectivity index (χ1n) is 11.3. The zero-order valence-electron chi connectivity index (χ0n) is 20.7. The van der Waals surface area contributed by atoms with Crippen LogP contribution in [0.5, 0.6) is 11.5 Å². The van der Waals surface area contributed by atoms with Gasteiger partial charge in [0.15, 0.2) is 21.6 Å². The van der Waals surface area contributed by atoms with E-state index in [4.69, 9.17) is 15.2 Å². The molecule has 1 aliphatic heterocycles. The Hall–Kier alpha value is -3.03. The molecular weight excluding hydrogens is 482 g/mol. The molecule has 184 valence electrons. The van der Waals surface area contributed by atoms with Crippen LogP contribution >= 0.6 is 23.1 Å².